The van der Waals surface area contributed by atoms with Crippen LogP contribution < -0.4 is 0 Å². The largest absolute Gasteiger partial charge is 0.469 e. The second-order valence-electron chi connectivity index (χ2n) is 9.52. The summed E-state index contributed by atoms with van der Waals surface area (Å²) in [6.45, 7) is 23.3. The van der Waals surface area contributed by atoms with Gasteiger partial charge in [0, 0.05) is 12.5 Å². The highest BCUT2D eigenvalue weighted by Crippen LogP contribution is 2.30. The molecule has 0 bridgehead atoms. The van der Waals surface area contributed by atoms with Crippen LogP contribution in [0, 0.1) is 0 Å². The lowest BCUT2D eigenvalue weighted by molar-refractivity contribution is -0.148. The van der Waals surface area contributed by atoms with Crippen LogP contribution in [0.25, 0.3) is 0 Å². The first kappa shape index (κ1) is 25.2. The van der Waals surface area contributed by atoms with Crippen LogP contribution in [0.1, 0.15) is 26.7 Å². The molecule has 0 saturated carbocycles. The normalized spacial score (nSPS) is 15.2. The van der Waals surface area contributed by atoms with Gasteiger partial charge in [-0.25, -0.2) is 0 Å². The third-order valence-corrected chi connectivity index (χ3v) is 14.8. The molecule has 1 atom stereocenters. The van der Waals surface area contributed by atoms with E-state index in [1.807, 2.05) is 13.8 Å². The van der Waals surface area contributed by atoms with Crippen LogP contribution in [0.4, 0.5) is 0 Å². The summed E-state index contributed by atoms with van der Waals surface area (Å²) in [7, 11) is -8.40. The Hall–Kier alpha value is 0.218. The van der Waals surface area contributed by atoms with Gasteiger partial charge in [-0.3, -0.25) is 4.79 Å². The van der Waals surface area contributed by atoms with Crippen molar-refractivity contribution >= 4 is 39.7 Å². The van der Waals surface area contributed by atoms with Gasteiger partial charge in [0.25, 0.3) is 0 Å². The minimum Gasteiger partial charge on any atom is -0.463 e. The fraction of sp³-hybridized carbons (Fsp3) is 0.938. The molecule has 0 amide bonds. The van der Waals surface area contributed by atoms with E-state index in [-0.39, 0.29) is 12.1 Å². The van der Waals surface area contributed by atoms with Crippen LogP contribution in [0.3, 0.4) is 0 Å². The Balaban J connectivity index is 5.46. The molecule has 0 aliphatic carbocycles. The van der Waals surface area contributed by atoms with Crippen molar-refractivity contribution in [3.8, 4) is 0 Å². The molecule has 9 heteroatoms. The molecular formula is C16H40O5Si4. The average molecular weight is 425 g/mol. The SMILES string of the molecule is CCC(=O)OC(C)CC[Si](O[Si](C)(C)C)(O[Si](C)(C)C)O[Si](C)(C)C. The van der Waals surface area contributed by atoms with Crippen molar-refractivity contribution in [1.82, 2.24) is 0 Å². The van der Waals surface area contributed by atoms with Gasteiger partial charge in [-0.1, -0.05) is 6.92 Å². The molecule has 0 aromatic carbocycles. The Morgan fingerprint density at radius 1 is 0.800 bits per heavy atom. The van der Waals surface area contributed by atoms with E-state index in [4.69, 9.17) is 17.1 Å². The number of hydrogen-bond acceptors (Lipinski definition) is 5. The van der Waals surface area contributed by atoms with Crippen molar-refractivity contribution in [1.29, 1.82) is 0 Å². The summed E-state index contributed by atoms with van der Waals surface area (Å²) in [4.78, 5) is 11.5. The Morgan fingerprint density at radius 3 is 1.44 bits per heavy atom. The molecule has 0 aromatic rings. The van der Waals surface area contributed by atoms with Crippen molar-refractivity contribution in [3.05, 3.63) is 0 Å². The van der Waals surface area contributed by atoms with Crippen LogP contribution in [0.15, 0.2) is 0 Å². The van der Waals surface area contributed by atoms with Crippen LogP contribution in [-0.4, -0.2) is 45.8 Å². The quantitative estimate of drug-likeness (QED) is 0.336. The molecular weight excluding hydrogens is 385 g/mol. The second-order valence-corrected chi connectivity index (χ2v) is 26.5. The third kappa shape index (κ3) is 13.1. The molecule has 0 rings (SSSR count). The number of esters is 1. The monoisotopic (exact) mass is 424 g/mol. The lowest BCUT2D eigenvalue weighted by Crippen LogP contribution is -2.60. The Morgan fingerprint density at radius 2 is 1.16 bits per heavy atom. The van der Waals surface area contributed by atoms with Crippen molar-refractivity contribution in [2.24, 2.45) is 0 Å². The highest BCUT2D eigenvalue weighted by Gasteiger charge is 2.49. The fourth-order valence-electron chi connectivity index (χ4n) is 2.36. The zero-order valence-electron chi connectivity index (χ0n) is 18.2. The van der Waals surface area contributed by atoms with E-state index in [2.05, 4.69) is 58.9 Å². The molecule has 0 aromatic heterocycles. The van der Waals surface area contributed by atoms with Gasteiger partial charge < -0.3 is 17.1 Å². The van der Waals surface area contributed by atoms with E-state index in [0.717, 1.165) is 0 Å². The van der Waals surface area contributed by atoms with E-state index in [0.29, 0.717) is 18.9 Å². The predicted molar refractivity (Wildman–Crippen MR) is 114 cm³/mol. The van der Waals surface area contributed by atoms with Crippen molar-refractivity contribution in [2.45, 2.75) is 97.8 Å². The first-order chi connectivity index (χ1) is 11.0. The summed E-state index contributed by atoms with van der Waals surface area (Å²) in [5, 5.41) is 0. The molecule has 0 fully saturated rings. The van der Waals surface area contributed by atoms with E-state index in [9.17, 15) is 4.79 Å². The highest BCUT2D eigenvalue weighted by atomic mass is 28.5. The van der Waals surface area contributed by atoms with Gasteiger partial charge in [-0.2, -0.15) is 0 Å². The fourth-order valence-corrected chi connectivity index (χ4v) is 17.2. The van der Waals surface area contributed by atoms with Crippen LogP contribution in [-0.2, 0) is 21.9 Å². The lowest BCUT2D eigenvalue weighted by atomic mass is 10.3. The number of carbonyl (C=O) groups is 1. The molecule has 0 spiro atoms. The van der Waals surface area contributed by atoms with Crippen molar-refractivity contribution in [3.63, 3.8) is 0 Å². The highest BCUT2D eigenvalue weighted by molar-refractivity contribution is 6.90. The minimum absolute atomic E-state index is 0.153. The maximum absolute atomic E-state index is 11.5. The molecule has 0 N–H and O–H groups in total. The zero-order chi connectivity index (χ0) is 20.1. The van der Waals surface area contributed by atoms with Gasteiger partial charge in [-0.15, -0.1) is 0 Å². The molecule has 0 aliphatic heterocycles. The van der Waals surface area contributed by atoms with Crippen molar-refractivity contribution in [2.75, 3.05) is 0 Å². The van der Waals surface area contributed by atoms with Crippen LogP contribution >= 0.6 is 0 Å². The topological polar surface area (TPSA) is 54.0 Å². The van der Waals surface area contributed by atoms with E-state index in [1.54, 1.807) is 0 Å². The molecule has 5 nitrogen and oxygen atoms in total. The molecule has 0 heterocycles. The zero-order valence-corrected chi connectivity index (χ0v) is 22.2. The number of rotatable bonds is 11. The molecule has 0 radical (unpaired) electrons. The first-order valence-corrected chi connectivity index (χ1v) is 21.4. The molecule has 150 valence electrons. The van der Waals surface area contributed by atoms with Gasteiger partial charge in [0.05, 0.1) is 6.10 Å². The maximum atomic E-state index is 11.5. The van der Waals surface area contributed by atoms with Gasteiger partial charge in [-0.05, 0) is 72.3 Å². The lowest BCUT2D eigenvalue weighted by Gasteiger charge is -2.43. The smallest absolute Gasteiger partial charge is 0.463 e. The summed E-state index contributed by atoms with van der Waals surface area (Å²) in [6, 6.07) is 0.698. The second kappa shape index (κ2) is 9.42. The van der Waals surface area contributed by atoms with Gasteiger partial charge in [0.15, 0.2) is 25.0 Å². The standard InChI is InChI=1S/C16H40O5Si4/c1-12-16(17)18-15(2)13-14-25(19-22(3,4)5,20-23(6,7)8)21-24(9,10)11/h15H,12-14H2,1-11H3. The maximum Gasteiger partial charge on any atom is 0.469 e. The van der Waals surface area contributed by atoms with E-state index >= 15 is 0 Å². The summed E-state index contributed by atoms with van der Waals surface area (Å²) < 4.78 is 25.3. The van der Waals surface area contributed by atoms with E-state index < -0.39 is 33.8 Å². The van der Waals surface area contributed by atoms with Crippen LogP contribution in [0.2, 0.25) is 65.0 Å². The van der Waals surface area contributed by atoms with Crippen molar-refractivity contribution < 1.29 is 21.9 Å². The summed E-state index contributed by atoms with van der Waals surface area (Å²) in [6.07, 6.45) is 0.951. The van der Waals surface area contributed by atoms with E-state index in [1.165, 1.54) is 0 Å². The Labute approximate surface area is 159 Å². The Kier molecular flexibility index (Phi) is 9.51. The molecule has 0 aliphatic rings. The number of carbonyl (C=O) groups excluding carboxylic acids is 1. The molecule has 1 unspecified atom stereocenters. The first-order valence-electron chi connectivity index (χ1n) is 9.27. The number of ether oxygens (including phenoxy) is 1. The summed E-state index contributed by atoms with van der Waals surface area (Å²) in [5.74, 6) is -0.164. The average Bonchev–Trinajstić information content (AvgIpc) is 2.29. The summed E-state index contributed by atoms with van der Waals surface area (Å²) >= 11 is 0. The molecule has 25 heavy (non-hydrogen) atoms. The van der Waals surface area contributed by atoms with Gasteiger partial charge >= 0.3 is 14.8 Å². The number of hydrogen-bond donors (Lipinski definition) is 0. The van der Waals surface area contributed by atoms with Gasteiger partial charge in [0.2, 0.25) is 0 Å². The minimum atomic E-state index is -2.83. The predicted octanol–water partition coefficient (Wildman–Crippen LogP) is 5.21. The Bertz CT molecular complexity index is 383. The molecule has 0 saturated heterocycles. The summed E-state index contributed by atoms with van der Waals surface area (Å²) in [5.41, 5.74) is 0. The third-order valence-electron chi connectivity index (χ3n) is 2.86. The van der Waals surface area contributed by atoms with Gasteiger partial charge in [0.1, 0.15) is 0 Å². The van der Waals surface area contributed by atoms with Crippen LogP contribution in [0.5, 0.6) is 0 Å².